The SMILES string of the molecule is CCCCCCCCCCCC(=O)OC(=O)CO.[K]. The van der Waals surface area contributed by atoms with Gasteiger partial charge in [-0.15, -0.1) is 0 Å². The fourth-order valence-corrected chi connectivity index (χ4v) is 1.79. The predicted molar refractivity (Wildman–Crippen MR) is 75.8 cm³/mol. The molecule has 0 amide bonds. The molecule has 107 valence electrons. The van der Waals surface area contributed by atoms with Gasteiger partial charge in [0, 0.05) is 57.8 Å². The summed E-state index contributed by atoms with van der Waals surface area (Å²) in [5.74, 6) is -1.40. The van der Waals surface area contributed by atoms with Crippen molar-refractivity contribution in [2.24, 2.45) is 0 Å². The van der Waals surface area contributed by atoms with E-state index in [2.05, 4.69) is 11.7 Å². The Labute approximate surface area is 159 Å². The number of carbonyl (C=O) groups is 2. The maximum atomic E-state index is 11.1. The van der Waals surface area contributed by atoms with Crippen LogP contribution in [0, 0.1) is 0 Å². The molecule has 0 aromatic rings. The summed E-state index contributed by atoms with van der Waals surface area (Å²) in [6, 6.07) is 0. The number of carbonyl (C=O) groups excluding carboxylic acids is 2. The van der Waals surface area contributed by atoms with Gasteiger partial charge in [-0.25, -0.2) is 4.79 Å². The van der Waals surface area contributed by atoms with Gasteiger partial charge in [0.1, 0.15) is 6.61 Å². The van der Waals surface area contributed by atoms with Crippen LogP contribution < -0.4 is 0 Å². The third-order valence-corrected chi connectivity index (χ3v) is 2.84. The fourth-order valence-electron chi connectivity index (χ4n) is 1.79. The summed E-state index contributed by atoms with van der Waals surface area (Å²) in [6.07, 6.45) is 10.9. The van der Waals surface area contributed by atoms with Crippen LogP contribution in [-0.4, -0.2) is 75.0 Å². The molecule has 0 saturated heterocycles. The van der Waals surface area contributed by atoms with Crippen LogP contribution in [-0.2, 0) is 14.3 Å². The molecule has 4 nitrogen and oxygen atoms in total. The standard InChI is InChI=1S/C14H26O4.K/c1-2-3-4-5-6-7-8-9-10-11-13(16)18-14(17)12-15;/h15H,2-12H2,1H3;. The molecule has 1 radical (unpaired) electrons. The summed E-state index contributed by atoms with van der Waals surface area (Å²) in [5, 5.41) is 8.39. The van der Waals surface area contributed by atoms with Gasteiger partial charge >= 0.3 is 11.9 Å². The van der Waals surface area contributed by atoms with E-state index >= 15 is 0 Å². The third kappa shape index (κ3) is 16.7. The topological polar surface area (TPSA) is 63.6 Å². The molecule has 0 aliphatic heterocycles. The van der Waals surface area contributed by atoms with Gasteiger partial charge in [0.15, 0.2) is 0 Å². The molecule has 0 atom stereocenters. The van der Waals surface area contributed by atoms with E-state index in [1.165, 1.54) is 38.5 Å². The first-order chi connectivity index (χ1) is 8.70. The van der Waals surface area contributed by atoms with Crippen LogP contribution in [0.25, 0.3) is 0 Å². The second-order valence-electron chi connectivity index (χ2n) is 4.58. The minimum atomic E-state index is -0.865. The van der Waals surface area contributed by atoms with Gasteiger partial charge in [0.05, 0.1) is 0 Å². The molecule has 0 fully saturated rings. The number of ether oxygens (including phenoxy) is 1. The van der Waals surface area contributed by atoms with Crippen LogP contribution >= 0.6 is 0 Å². The second kappa shape index (κ2) is 16.8. The largest absolute Gasteiger partial charge is 0.391 e. The zero-order chi connectivity index (χ0) is 13.6. The molecular formula is C14H26KO4. The number of unbranched alkanes of at least 4 members (excludes halogenated alkanes) is 8. The molecule has 0 aliphatic carbocycles. The van der Waals surface area contributed by atoms with E-state index in [0.717, 1.165) is 19.3 Å². The van der Waals surface area contributed by atoms with E-state index in [4.69, 9.17) is 5.11 Å². The number of hydrogen-bond donors (Lipinski definition) is 1. The van der Waals surface area contributed by atoms with Crippen LogP contribution in [0.1, 0.15) is 71.1 Å². The monoisotopic (exact) mass is 297 g/mol. The zero-order valence-corrected chi connectivity index (χ0v) is 15.6. The van der Waals surface area contributed by atoms with Crippen molar-refractivity contribution in [2.45, 2.75) is 71.1 Å². The van der Waals surface area contributed by atoms with Crippen LogP contribution in [0.4, 0.5) is 0 Å². The summed E-state index contributed by atoms with van der Waals surface area (Å²) in [7, 11) is 0. The Bertz CT molecular complexity index is 231. The number of rotatable bonds is 11. The first-order valence-electron chi connectivity index (χ1n) is 7.05. The van der Waals surface area contributed by atoms with Gasteiger partial charge in [0.2, 0.25) is 0 Å². The second-order valence-corrected chi connectivity index (χ2v) is 4.58. The van der Waals surface area contributed by atoms with E-state index in [1.807, 2.05) is 0 Å². The van der Waals surface area contributed by atoms with Crippen molar-refractivity contribution < 1.29 is 19.4 Å². The number of hydrogen-bond acceptors (Lipinski definition) is 4. The Morgan fingerprint density at radius 2 is 1.32 bits per heavy atom. The minimum absolute atomic E-state index is 0. The van der Waals surface area contributed by atoms with E-state index < -0.39 is 18.5 Å². The number of aliphatic hydroxyl groups is 1. The van der Waals surface area contributed by atoms with Gasteiger partial charge in [-0.05, 0) is 6.42 Å². The summed E-state index contributed by atoms with van der Waals surface area (Å²) in [4.78, 5) is 21.7. The molecule has 0 aromatic carbocycles. The normalized spacial score (nSPS) is 9.79. The molecule has 0 aliphatic rings. The van der Waals surface area contributed by atoms with E-state index in [9.17, 15) is 9.59 Å². The van der Waals surface area contributed by atoms with Crippen LogP contribution in [0.2, 0.25) is 0 Å². The van der Waals surface area contributed by atoms with Crippen molar-refractivity contribution in [1.29, 1.82) is 0 Å². The van der Waals surface area contributed by atoms with Crippen molar-refractivity contribution in [1.82, 2.24) is 0 Å². The Morgan fingerprint density at radius 3 is 1.79 bits per heavy atom. The third-order valence-electron chi connectivity index (χ3n) is 2.84. The maximum Gasteiger partial charge on any atom is 0.339 e. The van der Waals surface area contributed by atoms with Crippen molar-refractivity contribution in [2.75, 3.05) is 6.61 Å². The molecule has 0 rings (SSSR count). The molecule has 0 unspecified atom stereocenters. The Kier molecular flexibility index (Phi) is 19.5. The van der Waals surface area contributed by atoms with Gasteiger partial charge < -0.3 is 9.84 Å². The molecule has 0 spiro atoms. The fraction of sp³-hybridized carbons (Fsp3) is 0.857. The smallest absolute Gasteiger partial charge is 0.339 e. The predicted octanol–water partition coefficient (Wildman–Crippen LogP) is 2.59. The first-order valence-corrected chi connectivity index (χ1v) is 7.05. The molecule has 0 saturated carbocycles. The van der Waals surface area contributed by atoms with Crippen LogP contribution in [0.15, 0.2) is 0 Å². The quantitative estimate of drug-likeness (QED) is 0.275. The van der Waals surface area contributed by atoms with E-state index in [1.54, 1.807) is 0 Å². The molecule has 1 N–H and O–H groups in total. The molecule has 0 heterocycles. The van der Waals surface area contributed by atoms with Crippen molar-refractivity contribution in [3.63, 3.8) is 0 Å². The molecule has 0 aromatic heterocycles. The average molecular weight is 297 g/mol. The minimum Gasteiger partial charge on any atom is -0.391 e. The summed E-state index contributed by atoms with van der Waals surface area (Å²) < 4.78 is 4.34. The molecule has 19 heavy (non-hydrogen) atoms. The van der Waals surface area contributed by atoms with Crippen LogP contribution in [0.5, 0.6) is 0 Å². The maximum absolute atomic E-state index is 11.1. The number of esters is 2. The van der Waals surface area contributed by atoms with E-state index in [0.29, 0.717) is 0 Å². The van der Waals surface area contributed by atoms with Gasteiger partial charge in [-0.3, -0.25) is 4.79 Å². The van der Waals surface area contributed by atoms with Crippen molar-refractivity contribution in [3.05, 3.63) is 0 Å². The molecular weight excluding hydrogens is 271 g/mol. The zero-order valence-electron chi connectivity index (χ0n) is 12.5. The first kappa shape index (κ1) is 22.0. The van der Waals surface area contributed by atoms with Gasteiger partial charge in [0.25, 0.3) is 0 Å². The van der Waals surface area contributed by atoms with Gasteiger partial charge in [-0.2, -0.15) is 0 Å². The summed E-state index contributed by atoms with van der Waals surface area (Å²) >= 11 is 0. The van der Waals surface area contributed by atoms with Crippen LogP contribution in [0.3, 0.4) is 0 Å². The van der Waals surface area contributed by atoms with Crippen molar-refractivity contribution >= 4 is 63.3 Å². The molecule has 5 heteroatoms. The van der Waals surface area contributed by atoms with Crippen molar-refractivity contribution in [3.8, 4) is 0 Å². The Morgan fingerprint density at radius 1 is 0.842 bits per heavy atom. The Balaban J connectivity index is 0. The average Bonchev–Trinajstić information content (AvgIpc) is 2.36. The number of aliphatic hydroxyl groups excluding tert-OH is 1. The Hall–Kier alpha value is 0.736. The van der Waals surface area contributed by atoms with Gasteiger partial charge in [-0.1, -0.05) is 58.3 Å². The summed E-state index contributed by atoms with van der Waals surface area (Å²) in [5.41, 5.74) is 0. The van der Waals surface area contributed by atoms with E-state index in [-0.39, 0.29) is 57.8 Å². The molecule has 0 bridgehead atoms. The summed E-state index contributed by atoms with van der Waals surface area (Å²) in [6.45, 7) is 1.48.